The molecule has 3 rings (SSSR count). The third-order valence-electron chi connectivity index (χ3n) is 3.80. The van der Waals surface area contributed by atoms with E-state index in [1.165, 1.54) is 0 Å². The van der Waals surface area contributed by atoms with Crippen molar-refractivity contribution in [1.82, 2.24) is 14.9 Å². The number of hydrogen-bond acceptors (Lipinski definition) is 5. The lowest BCUT2D eigenvalue weighted by Crippen LogP contribution is -2.41. The van der Waals surface area contributed by atoms with E-state index in [-0.39, 0.29) is 12.0 Å². The van der Waals surface area contributed by atoms with Gasteiger partial charge in [0, 0.05) is 43.9 Å². The zero-order valence-corrected chi connectivity index (χ0v) is 12.6. The molecule has 0 aliphatic carbocycles. The molecule has 1 amide bonds. The molecule has 6 nitrogen and oxygen atoms in total. The van der Waals surface area contributed by atoms with Gasteiger partial charge in [0.2, 0.25) is 0 Å². The van der Waals surface area contributed by atoms with Gasteiger partial charge in [0.1, 0.15) is 6.10 Å². The molecule has 0 saturated carbocycles. The van der Waals surface area contributed by atoms with E-state index in [0.717, 1.165) is 12.8 Å². The van der Waals surface area contributed by atoms with Crippen molar-refractivity contribution in [2.24, 2.45) is 0 Å². The summed E-state index contributed by atoms with van der Waals surface area (Å²) in [4.78, 5) is 22.4. The van der Waals surface area contributed by atoms with Crippen LogP contribution in [-0.4, -0.2) is 40.0 Å². The first-order valence-electron chi connectivity index (χ1n) is 7.49. The highest BCUT2D eigenvalue weighted by molar-refractivity contribution is 5.94. The molecule has 1 aliphatic rings. The van der Waals surface area contributed by atoms with Gasteiger partial charge in [-0.2, -0.15) is 5.26 Å². The van der Waals surface area contributed by atoms with Crippen molar-refractivity contribution in [2.75, 3.05) is 13.1 Å². The maximum atomic E-state index is 12.4. The van der Waals surface area contributed by atoms with Gasteiger partial charge in [-0.3, -0.25) is 4.79 Å². The number of ether oxygens (including phenoxy) is 1. The van der Waals surface area contributed by atoms with E-state index in [0.29, 0.717) is 30.2 Å². The van der Waals surface area contributed by atoms with E-state index in [9.17, 15) is 4.79 Å². The number of rotatable bonds is 3. The monoisotopic (exact) mass is 308 g/mol. The highest BCUT2D eigenvalue weighted by Crippen LogP contribution is 2.17. The van der Waals surface area contributed by atoms with Crippen molar-refractivity contribution in [3.8, 4) is 12.1 Å². The summed E-state index contributed by atoms with van der Waals surface area (Å²) in [6.07, 6.45) is 4.82. The van der Waals surface area contributed by atoms with Crippen molar-refractivity contribution in [3.05, 3.63) is 53.9 Å². The third-order valence-corrected chi connectivity index (χ3v) is 3.80. The number of nitriles is 1. The Balaban J connectivity index is 1.56. The number of hydrogen-bond donors (Lipinski definition) is 0. The second kappa shape index (κ2) is 6.88. The van der Waals surface area contributed by atoms with E-state index in [1.54, 1.807) is 42.7 Å². The number of nitrogens with zero attached hydrogens (tertiary/aromatic N) is 4. The number of benzene rings is 1. The lowest BCUT2D eigenvalue weighted by molar-refractivity contribution is 0.0578. The zero-order valence-electron chi connectivity index (χ0n) is 12.6. The molecule has 0 bridgehead atoms. The van der Waals surface area contributed by atoms with E-state index >= 15 is 0 Å². The Morgan fingerprint density at radius 2 is 1.83 bits per heavy atom. The molecule has 2 heterocycles. The Bertz CT molecular complexity index is 702. The molecule has 116 valence electrons. The van der Waals surface area contributed by atoms with Crippen LogP contribution in [-0.2, 0) is 0 Å². The highest BCUT2D eigenvalue weighted by atomic mass is 16.5. The van der Waals surface area contributed by atoms with Gasteiger partial charge in [-0.1, -0.05) is 0 Å². The number of likely N-dealkylation sites (tertiary alicyclic amines) is 1. The van der Waals surface area contributed by atoms with Crippen LogP contribution in [0.2, 0.25) is 0 Å². The number of piperidine rings is 1. The largest absolute Gasteiger partial charge is 0.460 e. The van der Waals surface area contributed by atoms with Crippen LogP contribution >= 0.6 is 0 Å². The summed E-state index contributed by atoms with van der Waals surface area (Å²) in [6, 6.07) is 10.9. The van der Waals surface area contributed by atoms with Gasteiger partial charge >= 0.3 is 6.01 Å². The van der Waals surface area contributed by atoms with Crippen LogP contribution in [0.25, 0.3) is 0 Å². The molecule has 23 heavy (non-hydrogen) atoms. The summed E-state index contributed by atoms with van der Waals surface area (Å²) in [6.45, 7) is 1.27. The van der Waals surface area contributed by atoms with Crippen LogP contribution in [0.1, 0.15) is 28.8 Å². The Morgan fingerprint density at radius 3 is 2.43 bits per heavy atom. The Labute approximate surface area is 134 Å². The fourth-order valence-electron chi connectivity index (χ4n) is 2.54. The van der Waals surface area contributed by atoms with Crippen LogP contribution in [0.3, 0.4) is 0 Å². The number of amides is 1. The summed E-state index contributed by atoms with van der Waals surface area (Å²) >= 11 is 0. The van der Waals surface area contributed by atoms with E-state index in [1.807, 2.05) is 11.0 Å². The first-order chi connectivity index (χ1) is 11.3. The Kier molecular flexibility index (Phi) is 4.48. The van der Waals surface area contributed by atoms with Gasteiger partial charge in [-0.05, 0) is 30.3 Å². The van der Waals surface area contributed by atoms with Gasteiger partial charge < -0.3 is 9.64 Å². The average molecular weight is 308 g/mol. The molecule has 1 aromatic carbocycles. The van der Waals surface area contributed by atoms with Crippen LogP contribution in [0, 0.1) is 11.3 Å². The predicted molar refractivity (Wildman–Crippen MR) is 82.7 cm³/mol. The lowest BCUT2D eigenvalue weighted by atomic mass is 10.1. The molecule has 1 aliphatic heterocycles. The van der Waals surface area contributed by atoms with Crippen LogP contribution in [0.5, 0.6) is 6.01 Å². The summed E-state index contributed by atoms with van der Waals surface area (Å²) in [5, 5.41) is 8.80. The molecule has 1 saturated heterocycles. The topological polar surface area (TPSA) is 79.1 Å². The van der Waals surface area contributed by atoms with Gasteiger partial charge in [-0.15, -0.1) is 0 Å². The maximum Gasteiger partial charge on any atom is 0.316 e. The smallest absolute Gasteiger partial charge is 0.316 e. The standard InChI is InChI=1S/C17H16N4O2/c18-12-13-2-4-14(5-3-13)16(22)21-10-6-15(7-11-21)23-17-19-8-1-9-20-17/h1-5,8-9,15H,6-7,10-11H2. The fraction of sp³-hybridized carbons (Fsp3) is 0.294. The SMILES string of the molecule is N#Cc1ccc(C(=O)N2CCC(Oc3ncccn3)CC2)cc1. The van der Waals surface area contributed by atoms with Crippen LogP contribution in [0.4, 0.5) is 0 Å². The molecular weight excluding hydrogens is 292 g/mol. The van der Waals surface area contributed by atoms with Crippen molar-refractivity contribution in [1.29, 1.82) is 5.26 Å². The molecule has 0 atom stereocenters. The van der Waals surface area contributed by atoms with Crippen molar-refractivity contribution in [3.63, 3.8) is 0 Å². The lowest BCUT2D eigenvalue weighted by Gasteiger charge is -2.31. The summed E-state index contributed by atoms with van der Waals surface area (Å²) in [5.41, 5.74) is 1.16. The zero-order chi connectivity index (χ0) is 16.1. The average Bonchev–Trinajstić information content (AvgIpc) is 2.63. The minimum Gasteiger partial charge on any atom is -0.460 e. The quantitative estimate of drug-likeness (QED) is 0.867. The van der Waals surface area contributed by atoms with Crippen molar-refractivity contribution in [2.45, 2.75) is 18.9 Å². The molecule has 2 aromatic rings. The van der Waals surface area contributed by atoms with Crippen molar-refractivity contribution >= 4 is 5.91 Å². The van der Waals surface area contributed by atoms with Gasteiger partial charge in [0.05, 0.1) is 11.6 Å². The first kappa shape index (κ1) is 15.0. The highest BCUT2D eigenvalue weighted by Gasteiger charge is 2.25. The molecular formula is C17H16N4O2. The molecule has 6 heteroatoms. The van der Waals surface area contributed by atoms with Crippen molar-refractivity contribution < 1.29 is 9.53 Å². The number of carbonyl (C=O) groups excluding carboxylic acids is 1. The van der Waals surface area contributed by atoms with E-state index < -0.39 is 0 Å². The van der Waals surface area contributed by atoms with Gasteiger partial charge in [0.25, 0.3) is 5.91 Å². The predicted octanol–water partition coefficient (Wildman–Crippen LogP) is 2.03. The molecule has 0 N–H and O–H groups in total. The second-order valence-electron chi connectivity index (χ2n) is 5.33. The minimum atomic E-state index is -0.0103. The molecule has 1 fully saturated rings. The Morgan fingerprint density at radius 1 is 1.17 bits per heavy atom. The van der Waals surface area contributed by atoms with E-state index in [2.05, 4.69) is 9.97 Å². The maximum absolute atomic E-state index is 12.4. The summed E-state index contributed by atoms with van der Waals surface area (Å²) in [5.74, 6) is -0.0103. The summed E-state index contributed by atoms with van der Waals surface area (Å²) in [7, 11) is 0. The normalized spacial score (nSPS) is 15.0. The molecule has 0 radical (unpaired) electrons. The first-order valence-corrected chi connectivity index (χ1v) is 7.49. The van der Waals surface area contributed by atoms with Crippen LogP contribution in [0.15, 0.2) is 42.7 Å². The number of aromatic nitrogens is 2. The van der Waals surface area contributed by atoms with Crippen LogP contribution < -0.4 is 4.74 Å². The Hall–Kier alpha value is -2.94. The summed E-state index contributed by atoms with van der Waals surface area (Å²) < 4.78 is 5.72. The minimum absolute atomic E-state index is 0.0103. The van der Waals surface area contributed by atoms with Gasteiger partial charge in [0.15, 0.2) is 0 Å². The third kappa shape index (κ3) is 3.64. The molecule has 1 aromatic heterocycles. The van der Waals surface area contributed by atoms with E-state index in [4.69, 9.17) is 10.00 Å². The molecule has 0 unspecified atom stereocenters. The molecule has 0 spiro atoms. The van der Waals surface area contributed by atoms with Gasteiger partial charge in [-0.25, -0.2) is 9.97 Å². The second-order valence-corrected chi connectivity index (χ2v) is 5.33. The number of carbonyl (C=O) groups is 1. The fourth-order valence-corrected chi connectivity index (χ4v) is 2.54.